The summed E-state index contributed by atoms with van der Waals surface area (Å²) in [6, 6.07) is 10.9. The van der Waals surface area contributed by atoms with Gasteiger partial charge in [0.1, 0.15) is 0 Å². The van der Waals surface area contributed by atoms with Gasteiger partial charge in [0.05, 0.1) is 0 Å². The standard InChI is InChI=1S/C21H34N2O.ClH/c1-3-8-20(13-12-18-9-5-4-6-10-18)23-21(24)15-17(2)19-11-7-14-22-16-19;/h4-6,9-10,17,19-20,22H,3,7-8,11-16H2,1-2H3,(H,23,24);1H. The van der Waals surface area contributed by atoms with E-state index in [1.807, 2.05) is 0 Å². The van der Waals surface area contributed by atoms with Crippen LogP contribution in [-0.2, 0) is 11.2 Å². The van der Waals surface area contributed by atoms with Crippen molar-refractivity contribution >= 4 is 18.3 Å². The lowest BCUT2D eigenvalue weighted by Crippen LogP contribution is -2.39. The third kappa shape index (κ3) is 8.24. The van der Waals surface area contributed by atoms with E-state index in [0.717, 1.165) is 38.8 Å². The van der Waals surface area contributed by atoms with Crippen molar-refractivity contribution < 1.29 is 4.79 Å². The lowest BCUT2D eigenvalue weighted by molar-refractivity contribution is -0.123. The smallest absolute Gasteiger partial charge is 0.220 e. The van der Waals surface area contributed by atoms with Crippen LogP contribution in [0.1, 0.15) is 57.9 Å². The van der Waals surface area contributed by atoms with Gasteiger partial charge >= 0.3 is 0 Å². The molecule has 0 aliphatic carbocycles. The molecule has 0 spiro atoms. The molecule has 4 heteroatoms. The van der Waals surface area contributed by atoms with E-state index in [9.17, 15) is 4.79 Å². The molecule has 2 rings (SSSR count). The lowest BCUT2D eigenvalue weighted by atomic mass is 9.85. The molecule has 1 saturated heterocycles. The molecule has 1 aromatic carbocycles. The number of hydrogen-bond acceptors (Lipinski definition) is 2. The second-order valence-corrected chi connectivity index (χ2v) is 7.37. The fourth-order valence-corrected chi connectivity index (χ4v) is 3.73. The summed E-state index contributed by atoms with van der Waals surface area (Å²) in [5.41, 5.74) is 1.36. The highest BCUT2D eigenvalue weighted by Gasteiger charge is 2.22. The van der Waals surface area contributed by atoms with Crippen LogP contribution in [0.4, 0.5) is 0 Å². The van der Waals surface area contributed by atoms with Crippen molar-refractivity contribution in [3.63, 3.8) is 0 Å². The highest BCUT2D eigenvalue weighted by molar-refractivity contribution is 5.85. The van der Waals surface area contributed by atoms with Gasteiger partial charge in [-0.3, -0.25) is 4.79 Å². The summed E-state index contributed by atoms with van der Waals surface area (Å²) < 4.78 is 0. The number of carbonyl (C=O) groups excluding carboxylic acids is 1. The summed E-state index contributed by atoms with van der Waals surface area (Å²) >= 11 is 0. The van der Waals surface area contributed by atoms with Crippen molar-refractivity contribution in [2.75, 3.05) is 13.1 Å². The zero-order chi connectivity index (χ0) is 17.2. The zero-order valence-corrected chi connectivity index (χ0v) is 16.6. The fourth-order valence-electron chi connectivity index (χ4n) is 3.73. The van der Waals surface area contributed by atoms with Crippen LogP contribution in [0.5, 0.6) is 0 Å². The molecule has 1 aromatic rings. The largest absolute Gasteiger partial charge is 0.353 e. The minimum Gasteiger partial charge on any atom is -0.353 e. The number of carbonyl (C=O) groups is 1. The average molecular weight is 367 g/mol. The van der Waals surface area contributed by atoms with E-state index in [1.165, 1.54) is 18.4 Å². The number of aryl methyl sites for hydroxylation is 1. The lowest BCUT2D eigenvalue weighted by Gasteiger charge is -2.28. The molecule has 142 valence electrons. The molecule has 25 heavy (non-hydrogen) atoms. The minimum atomic E-state index is 0. The van der Waals surface area contributed by atoms with E-state index in [0.29, 0.717) is 24.3 Å². The molecular weight excluding hydrogens is 332 g/mol. The van der Waals surface area contributed by atoms with E-state index < -0.39 is 0 Å². The predicted molar refractivity (Wildman–Crippen MR) is 108 cm³/mol. The average Bonchev–Trinajstić information content (AvgIpc) is 2.61. The summed E-state index contributed by atoms with van der Waals surface area (Å²) in [5.74, 6) is 1.35. The Morgan fingerprint density at radius 1 is 1.28 bits per heavy atom. The second-order valence-electron chi connectivity index (χ2n) is 7.37. The van der Waals surface area contributed by atoms with Crippen LogP contribution in [0, 0.1) is 11.8 Å². The van der Waals surface area contributed by atoms with Gasteiger partial charge in [-0.2, -0.15) is 0 Å². The van der Waals surface area contributed by atoms with E-state index in [2.05, 4.69) is 54.8 Å². The van der Waals surface area contributed by atoms with Crippen LogP contribution < -0.4 is 10.6 Å². The van der Waals surface area contributed by atoms with Crippen molar-refractivity contribution in [1.82, 2.24) is 10.6 Å². The van der Waals surface area contributed by atoms with Crippen molar-refractivity contribution in [1.29, 1.82) is 0 Å². The first-order valence-electron chi connectivity index (χ1n) is 9.73. The molecule has 0 bridgehead atoms. The first kappa shape index (κ1) is 22.0. The highest BCUT2D eigenvalue weighted by atomic mass is 35.5. The molecule has 1 aliphatic heterocycles. The number of amides is 1. The Morgan fingerprint density at radius 2 is 2.04 bits per heavy atom. The van der Waals surface area contributed by atoms with Gasteiger partial charge in [-0.25, -0.2) is 0 Å². The molecule has 3 nitrogen and oxygen atoms in total. The molecule has 0 saturated carbocycles. The Hall–Kier alpha value is -1.06. The Morgan fingerprint density at radius 3 is 2.68 bits per heavy atom. The zero-order valence-electron chi connectivity index (χ0n) is 15.8. The number of hydrogen-bond donors (Lipinski definition) is 2. The van der Waals surface area contributed by atoms with Crippen LogP contribution in [-0.4, -0.2) is 25.0 Å². The Kier molecular flexibility index (Phi) is 10.8. The van der Waals surface area contributed by atoms with Crippen molar-refractivity contribution in [2.45, 2.75) is 64.8 Å². The Balaban J connectivity index is 0.00000312. The van der Waals surface area contributed by atoms with Gasteiger partial charge in [0.15, 0.2) is 0 Å². The summed E-state index contributed by atoms with van der Waals surface area (Å²) in [7, 11) is 0. The van der Waals surface area contributed by atoms with Gasteiger partial charge < -0.3 is 10.6 Å². The number of halogens is 1. The Bertz CT molecular complexity index is 474. The summed E-state index contributed by atoms with van der Waals surface area (Å²) in [6.45, 7) is 6.63. The quantitative estimate of drug-likeness (QED) is 0.682. The first-order valence-corrected chi connectivity index (χ1v) is 9.73. The maximum absolute atomic E-state index is 12.5. The third-order valence-electron chi connectivity index (χ3n) is 5.27. The van der Waals surface area contributed by atoms with E-state index in [1.54, 1.807) is 0 Å². The molecule has 3 unspecified atom stereocenters. The third-order valence-corrected chi connectivity index (χ3v) is 5.27. The maximum Gasteiger partial charge on any atom is 0.220 e. The topological polar surface area (TPSA) is 41.1 Å². The van der Waals surface area contributed by atoms with Crippen molar-refractivity contribution in [3.8, 4) is 0 Å². The minimum absolute atomic E-state index is 0. The number of rotatable bonds is 9. The van der Waals surface area contributed by atoms with Gasteiger partial charge in [0.25, 0.3) is 0 Å². The maximum atomic E-state index is 12.5. The molecule has 1 heterocycles. The van der Waals surface area contributed by atoms with Crippen LogP contribution in [0.2, 0.25) is 0 Å². The van der Waals surface area contributed by atoms with Gasteiger partial charge in [0.2, 0.25) is 5.91 Å². The molecule has 2 N–H and O–H groups in total. The molecule has 0 aromatic heterocycles. The van der Waals surface area contributed by atoms with Crippen LogP contribution in [0.15, 0.2) is 30.3 Å². The molecule has 1 amide bonds. The Labute approximate surface area is 159 Å². The summed E-state index contributed by atoms with van der Waals surface area (Å²) in [5, 5.41) is 6.76. The van der Waals surface area contributed by atoms with Crippen LogP contribution in [0.3, 0.4) is 0 Å². The molecule has 1 fully saturated rings. The van der Waals surface area contributed by atoms with E-state index in [-0.39, 0.29) is 18.3 Å². The van der Waals surface area contributed by atoms with E-state index in [4.69, 9.17) is 0 Å². The molecule has 1 aliphatic rings. The van der Waals surface area contributed by atoms with Crippen molar-refractivity contribution in [3.05, 3.63) is 35.9 Å². The SMILES string of the molecule is CCCC(CCc1ccccc1)NC(=O)CC(C)C1CCCNC1.Cl. The number of benzene rings is 1. The second kappa shape index (κ2) is 12.3. The number of piperidine rings is 1. The summed E-state index contributed by atoms with van der Waals surface area (Å²) in [6.07, 6.45) is 7.41. The summed E-state index contributed by atoms with van der Waals surface area (Å²) in [4.78, 5) is 12.5. The van der Waals surface area contributed by atoms with Crippen LogP contribution in [0.25, 0.3) is 0 Å². The molecular formula is C21H35ClN2O. The van der Waals surface area contributed by atoms with Gasteiger partial charge in [-0.1, -0.05) is 50.6 Å². The highest BCUT2D eigenvalue weighted by Crippen LogP contribution is 2.22. The van der Waals surface area contributed by atoms with Crippen molar-refractivity contribution in [2.24, 2.45) is 11.8 Å². The van der Waals surface area contributed by atoms with Gasteiger partial charge in [-0.15, -0.1) is 12.4 Å². The number of nitrogens with one attached hydrogen (secondary N) is 2. The van der Waals surface area contributed by atoms with Gasteiger partial charge in [0, 0.05) is 12.5 Å². The fraction of sp³-hybridized carbons (Fsp3) is 0.667. The normalized spacial score (nSPS) is 19.5. The van der Waals surface area contributed by atoms with Crippen LogP contribution >= 0.6 is 12.4 Å². The first-order chi connectivity index (χ1) is 11.7. The van der Waals surface area contributed by atoms with E-state index >= 15 is 0 Å². The molecule has 0 radical (unpaired) electrons. The monoisotopic (exact) mass is 366 g/mol. The predicted octanol–water partition coefficient (Wildman–Crippen LogP) is 4.35. The van der Waals surface area contributed by atoms with Gasteiger partial charge in [-0.05, 0) is 62.6 Å². The molecule has 3 atom stereocenters.